The van der Waals surface area contributed by atoms with Crippen LogP contribution in [0.5, 0.6) is 5.75 Å². The number of benzene rings is 3. The fourth-order valence-electron chi connectivity index (χ4n) is 4.08. The minimum atomic E-state index is -4.33. The average molecular weight is 427 g/mol. The van der Waals surface area contributed by atoms with E-state index in [1.54, 1.807) is 0 Å². The van der Waals surface area contributed by atoms with Crippen molar-refractivity contribution in [1.82, 2.24) is 0 Å². The van der Waals surface area contributed by atoms with E-state index in [0.29, 0.717) is 18.4 Å². The van der Waals surface area contributed by atoms with Crippen molar-refractivity contribution in [1.29, 1.82) is 0 Å². The van der Waals surface area contributed by atoms with Gasteiger partial charge < -0.3 is 4.74 Å². The van der Waals surface area contributed by atoms with Crippen molar-refractivity contribution < 1.29 is 17.9 Å². The third-order valence-corrected chi connectivity index (χ3v) is 5.49. The Morgan fingerprint density at radius 2 is 1.42 bits per heavy atom. The summed E-state index contributed by atoms with van der Waals surface area (Å²) in [6.07, 6.45) is -3.29. The first-order valence-electron chi connectivity index (χ1n) is 10.6. The van der Waals surface area contributed by atoms with Gasteiger partial charge in [-0.05, 0) is 78.3 Å². The molecule has 31 heavy (non-hydrogen) atoms. The molecule has 0 saturated carbocycles. The summed E-state index contributed by atoms with van der Waals surface area (Å²) in [4.78, 5) is 0. The molecule has 0 aliphatic heterocycles. The zero-order chi connectivity index (χ0) is 22.6. The first kappa shape index (κ1) is 22.9. The molecule has 3 aromatic rings. The van der Waals surface area contributed by atoms with Crippen molar-refractivity contribution >= 4 is 0 Å². The van der Waals surface area contributed by atoms with E-state index in [1.807, 2.05) is 32.0 Å². The second-order valence-corrected chi connectivity index (χ2v) is 8.56. The maximum Gasteiger partial charge on any atom is 0.416 e. The number of rotatable bonds is 7. The molecule has 3 aromatic carbocycles. The highest BCUT2D eigenvalue weighted by molar-refractivity contribution is 5.72. The van der Waals surface area contributed by atoms with E-state index < -0.39 is 11.7 Å². The predicted octanol–water partition coefficient (Wildman–Crippen LogP) is 8.20. The van der Waals surface area contributed by atoms with Crippen molar-refractivity contribution in [3.63, 3.8) is 0 Å². The fraction of sp³-hybridized carbons (Fsp3) is 0.333. The molecular formula is C27H29F3O. The lowest BCUT2D eigenvalue weighted by atomic mass is 9.91. The van der Waals surface area contributed by atoms with Crippen LogP contribution in [0.2, 0.25) is 0 Å². The molecule has 0 fully saturated rings. The first-order chi connectivity index (χ1) is 14.6. The van der Waals surface area contributed by atoms with Crippen LogP contribution >= 0.6 is 0 Å². The van der Waals surface area contributed by atoms with Gasteiger partial charge >= 0.3 is 6.18 Å². The van der Waals surface area contributed by atoms with Crippen LogP contribution in [0.1, 0.15) is 48.4 Å². The van der Waals surface area contributed by atoms with Crippen molar-refractivity contribution in [3.8, 4) is 16.9 Å². The van der Waals surface area contributed by atoms with Gasteiger partial charge in [0, 0.05) is 5.92 Å². The van der Waals surface area contributed by atoms with Gasteiger partial charge in [0.25, 0.3) is 0 Å². The molecule has 0 aliphatic carbocycles. The summed E-state index contributed by atoms with van der Waals surface area (Å²) < 4.78 is 44.8. The van der Waals surface area contributed by atoms with Crippen molar-refractivity contribution in [2.45, 2.75) is 46.2 Å². The van der Waals surface area contributed by atoms with Crippen LogP contribution in [-0.4, -0.2) is 6.61 Å². The Morgan fingerprint density at radius 3 is 1.94 bits per heavy atom. The molecule has 0 amide bonds. The molecule has 1 nitrogen and oxygen atoms in total. The summed E-state index contributed by atoms with van der Waals surface area (Å²) in [7, 11) is 0. The zero-order valence-corrected chi connectivity index (χ0v) is 18.5. The Morgan fingerprint density at radius 1 is 0.839 bits per heavy atom. The highest BCUT2D eigenvalue weighted by Gasteiger charge is 2.30. The van der Waals surface area contributed by atoms with Crippen LogP contribution < -0.4 is 4.74 Å². The molecule has 0 saturated heterocycles. The largest absolute Gasteiger partial charge is 0.493 e. The Labute approximate surface area is 182 Å². The van der Waals surface area contributed by atoms with Crippen molar-refractivity contribution in [2.75, 3.05) is 6.61 Å². The topological polar surface area (TPSA) is 9.23 Å². The maximum absolute atomic E-state index is 12.9. The number of halogens is 3. The quantitative estimate of drug-likeness (QED) is 0.370. The molecule has 164 valence electrons. The molecule has 1 atom stereocenters. The molecule has 0 radical (unpaired) electrons. The van der Waals surface area contributed by atoms with Crippen LogP contribution in [0.4, 0.5) is 13.2 Å². The van der Waals surface area contributed by atoms with Gasteiger partial charge in [0.15, 0.2) is 0 Å². The first-order valence-corrected chi connectivity index (χ1v) is 10.6. The standard InChI is InChI=1S/C27H29F3O/c1-18(2)14-23(21-8-6-5-7-9-21)17-31-25-15-19(3)26(20(4)16-25)22-10-12-24(13-11-22)27(28,29)30/h5-13,15-16,18,23H,14,17H2,1-4H3. The number of aryl methyl sites for hydroxylation is 2. The molecule has 0 aromatic heterocycles. The lowest BCUT2D eigenvalue weighted by Crippen LogP contribution is -2.13. The van der Waals surface area contributed by atoms with Gasteiger partial charge in [0.05, 0.1) is 12.2 Å². The summed E-state index contributed by atoms with van der Waals surface area (Å²) in [5.74, 6) is 1.64. The lowest BCUT2D eigenvalue weighted by molar-refractivity contribution is -0.137. The van der Waals surface area contributed by atoms with Crippen LogP contribution in [0.15, 0.2) is 66.7 Å². The van der Waals surface area contributed by atoms with Gasteiger partial charge in [-0.25, -0.2) is 0 Å². The maximum atomic E-state index is 12.9. The van der Waals surface area contributed by atoms with Gasteiger partial charge in [-0.1, -0.05) is 56.3 Å². The third-order valence-electron chi connectivity index (χ3n) is 5.49. The van der Waals surface area contributed by atoms with Crippen molar-refractivity contribution in [2.24, 2.45) is 5.92 Å². The zero-order valence-electron chi connectivity index (χ0n) is 18.5. The minimum absolute atomic E-state index is 0.302. The van der Waals surface area contributed by atoms with Crippen molar-refractivity contribution in [3.05, 3.63) is 89.0 Å². The Balaban J connectivity index is 1.80. The summed E-state index contributed by atoms with van der Waals surface area (Å²) >= 11 is 0. The molecule has 0 heterocycles. The highest BCUT2D eigenvalue weighted by Crippen LogP contribution is 2.35. The average Bonchev–Trinajstić information content (AvgIpc) is 2.71. The Hall–Kier alpha value is -2.75. The lowest BCUT2D eigenvalue weighted by Gasteiger charge is -2.21. The fourth-order valence-corrected chi connectivity index (χ4v) is 4.08. The van der Waals surface area contributed by atoms with Gasteiger partial charge in [-0.15, -0.1) is 0 Å². The van der Waals surface area contributed by atoms with Crippen LogP contribution in [0.3, 0.4) is 0 Å². The molecular weight excluding hydrogens is 397 g/mol. The molecule has 0 aliphatic rings. The van der Waals surface area contributed by atoms with Gasteiger partial charge in [-0.2, -0.15) is 13.2 Å². The summed E-state index contributed by atoms with van der Waals surface area (Å²) in [6.45, 7) is 8.94. The number of ether oxygens (including phenoxy) is 1. The monoisotopic (exact) mass is 426 g/mol. The van der Waals surface area contributed by atoms with E-state index in [0.717, 1.165) is 46.6 Å². The van der Waals surface area contributed by atoms with Gasteiger partial charge in [-0.3, -0.25) is 0 Å². The predicted molar refractivity (Wildman–Crippen MR) is 120 cm³/mol. The van der Waals surface area contributed by atoms with Crippen LogP contribution in [-0.2, 0) is 6.18 Å². The number of hydrogen-bond acceptors (Lipinski definition) is 1. The Kier molecular flexibility index (Phi) is 7.09. The molecule has 0 N–H and O–H groups in total. The van der Waals surface area contributed by atoms with E-state index in [4.69, 9.17) is 4.74 Å². The van der Waals surface area contributed by atoms with Gasteiger partial charge in [0.1, 0.15) is 5.75 Å². The summed E-state index contributed by atoms with van der Waals surface area (Å²) in [5.41, 5.74) is 4.32. The third kappa shape index (κ3) is 5.90. The van der Waals surface area contributed by atoms with E-state index in [-0.39, 0.29) is 0 Å². The van der Waals surface area contributed by atoms with E-state index >= 15 is 0 Å². The van der Waals surface area contributed by atoms with E-state index in [2.05, 4.69) is 38.1 Å². The minimum Gasteiger partial charge on any atom is -0.493 e. The normalized spacial score (nSPS) is 12.8. The summed E-state index contributed by atoms with van der Waals surface area (Å²) in [6, 6.07) is 19.7. The summed E-state index contributed by atoms with van der Waals surface area (Å²) in [5, 5.41) is 0. The second-order valence-electron chi connectivity index (χ2n) is 8.56. The van der Waals surface area contributed by atoms with Crippen LogP contribution in [0.25, 0.3) is 11.1 Å². The molecule has 3 rings (SSSR count). The SMILES string of the molecule is Cc1cc(OCC(CC(C)C)c2ccccc2)cc(C)c1-c1ccc(C(F)(F)F)cc1. The smallest absolute Gasteiger partial charge is 0.416 e. The second kappa shape index (κ2) is 9.59. The molecule has 1 unspecified atom stereocenters. The molecule has 0 bridgehead atoms. The Bertz CT molecular complexity index is 966. The number of hydrogen-bond donors (Lipinski definition) is 0. The van der Waals surface area contributed by atoms with Crippen LogP contribution in [0, 0.1) is 19.8 Å². The van der Waals surface area contributed by atoms with Gasteiger partial charge in [0.2, 0.25) is 0 Å². The number of alkyl halides is 3. The molecule has 4 heteroatoms. The van der Waals surface area contributed by atoms with E-state index in [1.165, 1.54) is 17.7 Å². The highest BCUT2D eigenvalue weighted by atomic mass is 19.4. The van der Waals surface area contributed by atoms with E-state index in [9.17, 15) is 13.2 Å². The molecule has 0 spiro atoms.